The number of anilines is 1. The number of hydrogen-bond donors (Lipinski definition) is 2. The van der Waals surface area contributed by atoms with Gasteiger partial charge in [-0.2, -0.15) is 0 Å². The number of thioether (sulfide) groups is 1. The number of benzene rings is 1. The van der Waals surface area contributed by atoms with E-state index in [1.54, 1.807) is 24.1 Å². The smallest absolute Gasteiger partial charge is 0.254 e. The van der Waals surface area contributed by atoms with Crippen molar-refractivity contribution < 1.29 is 13.6 Å². The largest absolute Gasteiger partial charge is 0.463 e. The van der Waals surface area contributed by atoms with Gasteiger partial charge in [-0.3, -0.25) is 9.78 Å². The zero-order chi connectivity index (χ0) is 23.4. The number of para-hydroxylation sites is 1. The minimum Gasteiger partial charge on any atom is -0.463 e. The number of hydrogen-bond acceptors (Lipinski definition) is 7. The highest BCUT2D eigenvalue weighted by Crippen LogP contribution is 2.33. The molecule has 0 bridgehead atoms. The standard InChI is InChI=1S/C24H24FN5O2S/c1-14(16-6-4-7-17-22(24(31)26-3)18(25)11-27-23(16)17)15(2)33-13-30-21-10-19(28-12-29-21)20-8-5-9-32-20/h4-12,14-15H,13H2,1-3H3,(H,26,31)(H,28,29,30)/t14?,15-/m0/s1. The van der Waals surface area contributed by atoms with Crippen LogP contribution >= 0.6 is 11.8 Å². The Kier molecular flexibility index (Phi) is 6.88. The van der Waals surface area contributed by atoms with Crippen molar-refractivity contribution in [3.63, 3.8) is 0 Å². The molecule has 7 nitrogen and oxygen atoms in total. The van der Waals surface area contributed by atoms with Gasteiger partial charge >= 0.3 is 0 Å². The fourth-order valence-electron chi connectivity index (χ4n) is 3.60. The van der Waals surface area contributed by atoms with E-state index >= 15 is 0 Å². The van der Waals surface area contributed by atoms with E-state index in [0.29, 0.717) is 34.1 Å². The summed E-state index contributed by atoms with van der Waals surface area (Å²) in [5.41, 5.74) is 2.35. The van der Waals surface area contributed by atoms with Crippen LogP contribution in [0.1, 0.15) is 35.7 Å². The molecule has 9 heteroatoms. The first-order valence-corrected chi connectivity index (χ1v) is 11.5. The molecule has 33 heavy (non-hydrogen) atoms. The zero-order valence-corrected chi connectivity index (χ0v) is 19.3. The molecule has 4 aromatic rings. The lowest BCUT2D eigenvalue weighted by molar-refractivity contribution is 0.0960. The van der Waals surface area contributed by atoms with Crippen molar-refractivity contribution in [2.24, 2.45) is 0 Å². The molecule has 2 N–H and O–H groups in total. The molecule has 1 unspecified atom stereocenters. The van der Waals surface area contributed by atoms with Crippen LogP contribution in [-0.4, -0.2) is 39.0 Å². The van der Waals surface area contributed by atoms with Crippen molar-refractivity contribution in [3.8, 4) is 11.5 Å². The average Bonchev–Trinajstić information content (AvgIpc) is 3.38. The van der Waals surface area contributed by atoms with Crippen LogP contribution in [0, 0.1) is 5.82 Å². The number of fused-ring (bicyclic) bond motifs is 1. The second-order valence-electron chi connectivity index (χ2n) is 7.55. The number of carbonyl (C=O) groups excluding carboxylic acids is 1. The highest BCUT2D eigenvalue weighted by molar-refractivity contribution is 8.00. The molecular weight excluding hydrogens is 441 g/mol. The summed E-state index contributed by atoms with van der Waals surface area (Å²) in [6.07, 6.45) is 4.23. The number of amides is 1. The van der Waals surface area contributed by atoms with Crippen LogP contribution in [0.4, 0.5) is 10.2 Å². The third kappa shape index (κ3) is 4.83. The van der Waals surface area contributed by atoms with E-state index in [2.05, 4.69) is 39.4 Å². The van der Waals surface area contributed by atoms with Crippen LogP contribution in [-0.2, 0) is 0 Å². The lowest BCUT2D eigenvalue weighted by Gasteiger charge is -2.22. The predicted octanol–water partition coefficient (Wildman–Crippen LogP) is 5.08. The molecule has 1 amide bonds. The van der Waals surface area contributed by atoms with Gasteiger partial charge < -0.3 is 15.1 Å². The summed E-state index contributed by atoms with van der Waals surface area (Å²) in [5, 5.41) is 6.55. The highest BCUT2D eigenvalue weighted by Gasteiger charge is 2.22. The zero-order valence-electron chi connectivity index (χ0n) is 18.5. The van der Waals surface area contributed by atoms with Gasteiger partial charge in [0.05, 0.1) is 29.4 Å². The van der Waals surface area contributed by atoms with Crippen LogP contribution in [0.2, 0.25) is 0 Å². The number of nitrogens with zero attached hydrogens (tertiary/aromatic N) is 3. The molecule has 0 aliphatic rings. The SMILES string of the molecule is CNC(=O)c1c(F)cnc2c(C(C)[C@H](C)SCNc3cc(-c4ccco4)ncn3)cccc12. The molecule has 0 aliphatic heterocycles. The second kappa shape index (κ2) is 9.99. The second-order valence-corrected chi connectivity index (χ2v) is 8.92. The molecule has 0 saturated carbocycles. The molecule has 0 radical (unpaired) electrons. The Hall–Kier alpha value is -3.46. The Labute approximate surface area is 195 Å². The van der Waals surface area contributed by atoms with Crippen LogP contribution in [0.5, 0.6) is 0 Å². The van der Waals surface area contributed by atoms with Gasteiger partial charge in [-0.05, 0) is 23.6 Å². The van der Waals surface area contributed by atoms with Gasteiger partial charge in [0.25, 0.3) is 5.91 Å². The number of furan rings is 1. The summed E-state index contributed by atoms with van der Waals surface area (Å²) in [6, 6.07) is 11.1. The molecule has 0 fully saturated rings. The average molecular weight is 466 g/mol. The van der Waals surface area contributed by atoms with Gasteiger partial charge in [0.1, 0.15) is 17.8 Å². The predicted molar refractivity (Wildman–Crippen MR) is 129 cm³/mol. The van der Waals surface area contributed by atoms with E-state index in [4.69, 9.17) is 4.42 Å². The molecule has 170 valence electrons. The third-order valence-electron chi connectivity index (χ3n) is 5.57. The van der Waals surface area contributed by atoms with Crippen molar-refractivity contribution in [2.45, 2.75) is 25.0 Å². The third-order valence-corrected chi connectivity index (χ3v) is 6.82. The number of aromatic nitrogens is 3. The van der Waals surface area contributed by atoms with Crippen LogP contribution in [0.25, 0.3) is 22.4 Å². The number of rotatable bonds is 8. The fraction of sp³-hybridized carbons (Fsp3) is 0.250. The number of halogens is 1. The highest BCUT2D eigenvalue weighted by atomic mass is 32.2. The van der Waals surface area contributed by atoms with E-state index in [-0.39, 0.29) is 16.7 Å². The normalized spacial score (nSPS) is 13.0. The van der Waals surface area contributed by atoms with E-state index < -0.39 is 11.7 Å². The van der Waals surface area contributed by atoms with Crippen LogP contribution < -0.4 is 10.6 Å². The molecule has 0 saturated heterocycles. The first-order valence-electron chi connectivity index (χ1n) is 10.5. The lowest BCUT2D eigenvalue weighted by Crippen LogP contribution is -2.20. The Morgan fingerprint density at radius 2 is 2.03 bits per heavy atom. The van der Waals surface area contributed by atoms with E-state index in [1.165, 1.54) is 13.4 Å². The van der Waals surface area contributed by atoms with Crippen molar-refractivity contribution in [3.05, 3.63) is 72.1 Å². The summed E-state index contributed by atoms with van der Waals surface area (Å²) in [5.74, 6) is 1.05. The summed E-state index contributed by atoms with van der Waals surface area (Å²) in [7, 11) is 1.49. The minimum absolute atomic E-state index is 0.0228. The van der Waals surface area contributed by atoms with Crippen molar-refractivity contribution >= 4 is 34.4 Å². The van der Waals surface area contributed by atoms with Crippen molar-refractivity contribution in [2.75, 3.05) is 18.2 Å². The Balaban J connectivity index is 1.47. The first-order chi connectivity index (χ1) is 16.0. The van der Waals surface area contributed by atoms with Crippen molar-refractivity contribution in [1.82, 2.24) is 20.3 Å². The number of carbonyl (C=O) groups is 1. The van der Waals surface area contributed by atoms with E-state index in [0.717, 1.165) is 11.8 Å². The monoisotopic (exact) mass is 465 g/mol. The molecule has 3 aromatic heterocycles. The molecule has 0 aliphatic carbocycles. The molecular formula is C24H24FN5O2S. The number of pyridine rings is 1. The van der Waals surface area contributed by atoms with Gasteiger partial charge in [0, 0.05) is 23.8 Å². The lowest BCUT2D eigenvalue weighted by atomic mass is 9.94. The van der Waals surface area contributed by atoms with Crippen LogP contribution in [0.3, 0.4) is 0 Å². The quantitative estimate of drug-likeness (QED) is 0.351. The van der Waals surface area contributed by atoms with Crippen molar-refractivity contribution in [1.29, 1.82) is 0 Å². The van der Waals surface area contributed by atoms with Gasteiger partial charge in [-0.15, -0.1) is 11.8 Å². The van der Waals surface area contributed by atoms with E-state index in [9.17, 15) is 9.18 Å². The Bertz CT molecular complexity index is 1270. The maximum Gasteiger partial charge on any atom is 0.254 e. The van der Waals surface area contributed by atoms with Gasteiger partial charge in [0.15, 0.2) is 11.6 Å². The van der Waals surface area contributed by atoms with Gasteiger partial charge in [-0.1, -0.05) is 32.0 Å². The summed E-state index contributed by atoms with van der Waals surface area (Å²) < 4.78 is 19.7. The summed E-state index contributed by atoms with van der Waals surface area (Å²) >= 11 is 1.73. The Morgan fingerprint density at radius 3 is 2.79 bits per heavy atom. The maximum atomic E-state index is 14.3. The summed E-state index contributed by atoms with van der Waals surface area (Å²) in [6.45, 7) is 4.24. The molecule has 3 heterocycles. The molecule has 0 spiro atoms. The Morgan fingerprint density at radius 1 is 1.18 bits per heavy atom. The minimum atomic E-state index is -0.628. The van der Waals surface area contributed by atoms with Gasteiger partial charge in [0.2, 0.25) is 0 Å². The van der Waals surface area contributed by atoms with Gasteiger partial charge in [-0.25, -0.2) is 14.4 Å². The van der Waals surface area contributed by atoms with E-state index in [1.807, 2.05) is 30.3 Å². The first kappa shape index (κ1) is 22.7. The van der Waals surface area contributed by atoms with Crippen LogP contribution in [0.15, 0.2) is 59.6 Å². The summed E-state index contributed by atoms with van der Waals surface area (Å²) in [4.78, 5) is 25.1. The topological polar surface area (TPSA) is 92.9 Å². The maximum absolute atomic E-state index is 14.3. The molecule has 2 atom stereocenters. The number of nitrogens with one attached hydrogen (secondary N) is 2. The molecule has 4 rings (SSSR count). The fourth-order valence-corrected chi connectivity index (χ4v) is 4.53. The molecule has 1 aromatic carbocycles.